The third-order valence-electron chi connectivity index (χ3n) is 1.63. The second-order valence-electron chi connectivity index (χ2n) is 2.41. The highest BCUT2D eigenvalue weighted by atomic mass is 79.9. The number of nitrogens with zero attached hydrogens (tertiary/aromatic N) is 1. The Hall–Kier alpha value is -0.190. The number of hydrogen-bond acceptors (Lipinski definition) is 3. The quantitative estimate of drug-likeness (QED) is 0.583. The van der Waals surface area contributed by atoms with E-state index in [1.165, 1.54) is 0 Å². The maximum Gasteiger partial charge on any atom is 0.167 e. The summed E-state index contributed by atoms with van der Waals surface area (Å²) in [6.45, 7) is 0. The topological polar surface area (TPSA) is 26.0 Å². The molecule has 2 aromatic rings. The van der Waals surface area contributed by atoms with Crippen LogP contribution >= 0.6 is 39.3 Å². The molecule has 0 unspecified atom stereocenters. The van der Waals surface area contributed by atoms with Crippen molar-refractivity contribution in [3.05, 3.63) is 22.0 Å². The van der Waals surface area contributed by atoms with Crippen molar-refractivity contribution in [3.63, 3.8) is 0 Å². The van der Waals surface area contributed by atoms with E-state index in [9.17, 15) is 0 Å². The van der Waals surface area contributed by atoms with Crippen LogP contribution in [0.5, 0.6) is 0 Å². The summed E-state index contributed by atoms with van der Waals surface area (Å²) in [4.78, 5) is 5.16. The van der Waals surface area contributed by atoms with Gasteiger partial charge in [-0.3, -0.25) is 0 Å². The lowest BCUT2D eigenvalue weighted by molar-refractivity contribution is 0.606. The number of halogens is 2. The molecule has 0 radical (unpaired) electrons. The molecule has 0 aromatic carbocycles. The molecule has 13 heavy (non-hydrogen) atoms. The van der Waals surface area contributed by atoms with Gasteiger partial charge in [0.05, 0.1) is 9.37 Å². The van der Waals surface area contributed by atoms with E-state index in [1.54, 1.807) is 24.1 Å². The van der Waals surface area contributed by atoms with Crippen molar-refractivity contribution in [2.24, 2.45) is 0 Å². The first kappa shape index (κ1) is 9.37. The predicted octanol–water partition coefficient (Wildman–Crippen LogP) is 3.97. The summed E-state index contributed by atoms with van der Waals surface area (Å²) in [6.07, 6.45) is 3.59. The Bertz CT molecular complexity index is 457. The minimum atomic E-state index is 0.485. The molecule has 2 heterocycles. The van der Waals surface area contributed by atoms with E-state index in [1.807, 2.05) is 6.26 Å². The Morgan fingerprint density at radius 2 is 2.38 bits per heavy atom. The summed E-state index contributed by atoms with van der Waals surface area (Å²) in [6, 6.07) is 1.80. The fraction of sp³-hybridized carbons (Fsp3) is 0.125. The van der Waals surface area contributed by atoms with Gasteiger partial charge in [-0.05, 0) is 28.3 Å². The van der Waals surface area contributed by atoms with E-state index < -0.39 is 0 Å². The Balaban J connectivity index is 2.84. The lowest BCUT2D eigenvalue weighted by Crippen LogP contribution is -1.79. The van der Waals surface area contributed by atoms with Gasteiger partial charge >= 0.3 is 0 Å². The molecule has 0 N–H and O–H groups in total. The molecule has 0 saturated heterocycles. The number of furan rings is 1. The number of hydrogen-bond donors (Lipinski definition) is 0. The normalized spacial score (nSPS) is 11.0. The molecule has 2 nitrogen and oxygen atoms in total. The van der Waals surface area contributed by atoms with Gasteiger partial charge in [-0.2, -0.15) is 0 Å². The number of pyridine rings is 1. The van der Waals surface area contributed by atoms with Gasteiger partial charge in [0.1, 0.15) is 16.9 Å². The summed E-state index contributed by atoms with van der Waals surface area (Å²) in [7, 11) is 0. The minimum absolute atomic E-state index is 0.485. The van der Waals surface area contributed by atoms with Gasteiger partial charge in [-0.1, -0.05) is 11.6 Å². The smallest absolute Gasteiger partial charge is 0.167 e. The van der Waals surface area contributed by atoms with Gasteiger partial charge in [0, 0.05) is 0 Å². The fourth-order valence-corrected chi connectivity index (χ4v) is 2.25. The van der Waals surface area contributed by atoms with Crippen LogP contribution in [0.2, 0.25) is 5.15 Å². The summed E-state index contributed by atoms with van der Waals surface area (Å²) >= 11 is 10.8. The molecule has 68 valence electrons. The lowest BCUT2D eigenvalue weighted by Gasteiger charge is -1.97. The molecule has 2 rings (SSSR count). The van der Waals surface area contributed by atoms with Crippen molar-refractivity contribution in [2.75, 3.05) is 6.26 Å². The standard InChI is InChI=1S/C8H5BrClNOS/c1-13-5-2-6(10)11-7-4(9)3-12-8(5)7/h2-3H,1H3. The highest BCUT2D eigenvalue weighted by Gasteiger charge is 2.10. The van der Waals surface area contributed by atoms with Crippen molar-refractivity contribution in [1.82, 2.24) is 4.98 Å². The van der Waals surface area contributed by atoms with E-state index in [-0.39, 0.29) is 0 Å². The zero-order chi connectivity index (χ0) is 9.42. The Morgan fingerprint density at radius 1 is 1.62 bits per heavy atom. The van der Waals surface area contributed by atoms with Crippen LogP contribution in [0.15, 0.2) is 26.1 Å². The molecule has 0 fully saturated rings. The van der Waals surface area contributed by atoms with Crippen LogP contribution in [0.3, 0.4) is 0 Å². The molecular weight excluding hydrogens is 274 g/mol. The Labute approximate surface area is 92.8 Å². The maximum atomic E-state index is 5.84. The summed E-state index contributed by atoms with van der Waals surface area (Å²) < 4.78 is 6.17. The van der Waals surface area contributed by atoms with Crippen molar-refractivity contribution < 1.29 is 4.42 Å². The van der Waals surface area contributed by atoms with Gasteiger partial charge < -0.3 is 4.42 Å². The van der Waals surface area contributed by atoms with Crippen molar-refractivity contribution >= 4 is 50.4 Å². The van der Waals surface area contributed by atoms with Crippen LogP contribution in [-0.4, -0.2) is 11.2 Å². The first-order valence-electron chi connectivity index (χ1n) is 3.49. The monoisotopic (exact) mass is 277 g/mol. The van der Waals surface area contributed by atoms with Gasteiger partial charge in [0.2, 0.25) is 0 Å². The first-order valence-corrected chi connectivity index (χ1v) is 5.89. The third kappa shape index (κ3) is 1.58. The number of rotatable bonds is 1. The zero-order valence-electron chi connectivity index (χ0n) is 6.67. The second kappa shape index (κ2) is 3.52. The molecule has 2 aromatic heterocycles. The molecule has 0 atom stereocenters. The van der Waals surface area contributed by atoms with Crippen molar-refractivity contribution in [1.29, 1.82) is 0 Å². The molecule has 5 heteroatoms. The van der Waals surface area contributed by atoms with Crippen LogP contribution in [-0.2, 0) is 0 Å². The van der Waals surface area contributed by atoms with E-state index in [4.69, 9.17) is 16.0 Å². The SMILES string of the molecule is CSc1cc(Cl)nc2c(Br)coc12. The average Bonchev–Trinajstić information content (AvgIpc) is 2.47. The van der Waals surface area contributed by atoms with Crippen LogP contribution in [0.4, 0.5) is 0 Å². The number of aromatic nitrogens is 1. The highest BCUT2D eigenvalue weighted by molar-refractivity contribution is 9.10. The van der Waals surface area contributed by atoms with Crippen LogP contribution in [0.1, 0.15) is 0 Å². The highest BCUT2D eigenvalue weighted by Crippen LogP contribution is 2.33. The zero-order valence-corrected chi connectivity index (χ0v) is 9.83. The predicted molar refractivity (Wildman–Crippen MR) is 58.5 cm³/mol. The van der Waals surface area contributed by atoms with Crippen LogP contribution in [0.25, 0.3) is 11.1 Å². The van der Waals surface area contributed by atoms with Crippen molar-refractivity contribution in [2.45, 2.75) is 4.90 Å². The molecule has 0 bridgehead atoms. The molecule has 0 aliphatic carbocycles. The van der Waals surface area contributed by atoms with E-state index in [0.29, 0.717) is 5.15 Å². The summed E-state index contributed by atoms with van der Waals surface area (Å²) in [5, 5.41) is 0.485. The third-order valence-corrected chi connectivity index (χ3v) is 3.13. The Kier molecular flexibility index (Phi) is 2.53. The molecule has 0 saturated carbocycles. The summed E-state index contributed by atoms with van der Waals surface area (Å²) in [5.74, 6) is 0. The van der Waals surface area contributed by atoms with Crippen LogP contribution in [0, 0.1) is 0 Å². The van der Waals surface area contributed by atoms with Gasteiger partial charge in [0.15, 0.2) is 5.58 Å². The minimum Gasteiger partial charge on any atom is -0.460 e. The molecule has 0 spiro atoms. The van der Waals surface area contributed by atoms with Gasteiger partial charge in [-0.15, -0.1) is 11.8 Å². The van der Waals surface area contributed by atoms with Crippen LogP contribution < -0.4 is 0 Å². The van der Waals surface area contributed by atoms with Gasteiger partial charge in [0.25, 0.3) is 0 Å². The van der Waals surface area contributed by atoms with E-state index >= 15 is 0 Å². The van der Waals surface area contributed by atoms with E-state index in [2.05, 4.69) is 20.9 Å². The van der Waals surface area contributed by atoms with Crippen molar-refractivity contribution in [3.8, 4) is 0 Å². The first-order chi connectivity index (χ1) is 6.22. The van der Waals surface area contributed by atoms with E-state index in [0.717, 1.165) is 20.5 Å². The molecule has 0 aliphatic rings. The molecule has 0 aliphatic heterocycles. The number of fused-ring (bicyclic) bond motifs is 1. The fourth-order valence-electron chi connectivity index (χ4n) is 1.07. The number of thioether (sulfide) groups is 1. The second-order valence-corrected chi connectivity index (χ2v) is 4.50. The molecule has 0 amide bonds. The Morgan fingerprint density at radius 3 is 3.08 bits per heavy atom. The lowest BCUT2D eigenvalue weighted by atomic mass is 10.4. The summed E-state index contributed by atoms with van der Waals surface area (Å²) in [5.41, 5.74) is 1.56. The van der Waals surface area contributed by atoms with Gasteiger partial charge in [-0.25, -0.2) is 4.98 Å². The average molecular weight is 279 g/mol. The largest absolute Gasteiger partial charge is 0.460 e. The molecular formula is C8H5BrClNOS. The maximum absolute atomic E-state index is 5.84.